The van der Waals surface area contributed by atoms with Crippen molar-refractivity contribution in [3.8, 4) is 0 Å². The Hall–Kier alpha value is -2.10. The molecule has 4 heteroatoms. The average Bonchev–Trinajstić information content (AvgIpc) is 2.14. The van der Waals surface area contributed by atoms with Gasteiger partial charge in [0, 0.05) is 6.08 Å². The van der Waals surface area contributed by atoms with Gasteiger partial charge in [-0.25, -0.2) is 0 Å². The van der Waals surface area contributed by atoms with Crippen molar-refractivity contribution in [2.45, 2.75) is 20.8 Å². The summed E-state index contributed by atoms with van der Waals surface area (Å²) in [6, 6.07) is 4.13. The Balaban J connectivity index is 3.00. The predicted octanol–water partition coefficient (Wildman–Crippen LogP) is 1.43. The molecular formula is C13H17N3O. The zero-order valence-electron chi connectivity index (χ0n) is 10.3. The molecule has 0 unspecified atom stereocenters. The normalized spacial score (nSPS) is 10.5. The highest BCUT2D eigenvalue weighted by Gasteiger charge is 2.01. The molecule has 0 aliphatic carbocycles. The van der Waals surface area contributed by atoms with Gasteiger partial charge in [-0.2, -0.15) is 4.99 Å². The van der Waals surface area contributed by atoms with E-state index in [0.717, 1.165) is 16.7 Å². The summed E-state index contributed by atoms with van der Waals surface area (Å²) >= 11 is 0. The molecule has 0 saturated heterocycles. The highest BCUT2D eigenvalue weighted by molar-refractivity contribution is 6.00. The number of nitrogens with two attached hydrogens (primary N) is 2. The summed E-state index contributed by atoms with van der Waals surface area (Å²) in [5.74, 6) is -0.679. The Morgan fingerprint density at radius 1 is 1.18 bits per heavy atom. The fourth-order valence-corrected chi connectivity index (χ4v) is 1.77. The minimum absolute atomic E-state index is 0.225. The molecule has 0 spiro atoms. The Labute approximate surface area is 101 Å². The molecule has 0 bridgehead atoms. The predicted molar refractivity (Wildman–Crippen MR) is 70.5 cm³/mol. The number of aliphatic imine (C=N–C) groups is 1. The molecule has 17 heavy (non-hydrogen) atoms. The summed E-state index contributed by atoms with van der Waals surface area (Å²) in [7, 11) is 0. The minimum atomic E-state index is -0.454. The van der Waals surface area contributed by atoms with Crippen LogP contribution >= 0.6 is 0 Å². The van der Waals surface area contributed by atoms with Gasteiger partial charge in [0.15, 0.2) is 5.96 Å². The maximum Gasteiger partial charge on any atom is 0.272 e. The third-order valence-corrected chi connectivity index (χ3v) is 2.37. The zero-order chi connectivity index (χ0) is 13.0. The van der Waals surface area contributed by atoms with Gasteiger partial charge in [0.05, 0.1) is 0 Å². The van der Waals surface area contributed by atoms with Crippen LogP contribution in [0.1, 0.15) is 22.3 Å². The van der Waals surface area contributed by atoms with Crippen molar-refractivity contribution < 1.29 is 4.79 Å². The van der Waals surface area contributed by atoms with E-state index in [2.05, 4.69) is 17.1 Å². The number of aryl methyl sites for hydroxylation is 3. The van der Waals surface area contributed by atoms with Crippen LogP contribution in [0, 0.1) is 20.8 Å². The first-order valence-electron chi connectivity index (χ1n) is 5.29. The molecule has 1 aromatic carbocycles. The van der Waals surface area contributed by atoms with E-state index >= 15 is 0 Å². The first-order valence-corrected chi connectivity index (χ1v) is 5.29. The van der Waals surface area contributed by atoms with Crippen LogP contribution in [0.5, 0.6) is 0 Å². The Morgan fingerprint density at radius 2 is 1.71 bits per heavy atom. The van der Waals surface area contributed by atoms with Crippen LogP contribution in [0.25, 0.3) is 6.08 Å². The van der Waals surface area contributed by atoms with Gasteiger partial charge in [-0.05, 0) is 43.5 Å². The van der Waals surface area contributed by atoms with Gasteiger partial charge < -0.3 is 11.5 Å². The number of hydrogen-bond acceptors (Lipinski definition) is 1. The lowest BCUT2D eigenvalue weighted by atomic mass is 9.99. The van der Waals surface area contributed by atoms with Crippen molar-refractivity contribution in [2.75, 3.05) is 0 Å². The number of benzene rings is 1. The molecule has 0 radical (unpaired) electrons. The zero-order valence-corrected chi connectivity index (χ0v) is 10.3. The molecule has 0 aliphatic heterocycles. The number of carbonyl (C=O) groups excluding carboxylic acids is 1. The van der Waals surface area contributed by atoms with E-state index in [1.807, 2.05) is 20.8 Å². The molecule has 0 fully saturated rings. The first-order chi connectivity index (χ1) is 7.90. The van der Waals surface area contributed by atoms with Crippen LogP contribution in [0.2, 0.25) is 0 Å². The van der Waals surface area contributed by atoms with Crippen molar-refractivity contribution in [3.63, 3.8) is 0 Å². The van der Waals surface area contributed by atoms with Crippen LogP contribution in [0.15, 0.2) is 23.2 Å². The third-order valence-electron chi connectivity index (χ3n) is 2.37. The molecular weight excluding hydrogens is 214 g/mol. The third kappa shape index (κ3) is 3.75. The summed E-state index contributed by atoms with van der Waals surface area (Å²) in [5.41, 5.74) is 14.7. The summed E-state index contributed by atoms with van der Waals surface area (Å²) in [5, 5.41) is 0. The lowest BCUT2D eigenvalue weighted by Crippen LogP contribution is -2.23. The summed E-state index contributed by atoms with van der Waals surface area (Å²) in [6.07, 6.45) is 3.10. The largest absolute Gasteiger partial charge is 0.370 e. The standard InChI is InChI=1S/C13H17N3O/c1-8-6-9(2)11(10(3)7-8)4-5-12(17)16-13(14)15/h4-7H,1-3H3,(H4,14,15,16,17)/b5-4+. The molecule has 1 aromatic rings. The van der Waals surface area contributed by atoms with Crippen molar-refractivity contribution in [1.82, 2.24) is 0 Å². The minimum Gasteiger partial charge on any atom is -0.370 e. The molecule has 4 N–H and O–H groups in total. The molecule has 90 valence electrons. The quantitative estimate of drug-likeness (QED) is 0.459. The van der Waals surface area contributed by atoms with Crippen LogP contribution in [0.4, 0.5) is 0 Å². The highest BCUT2D eigenvalue weighted by atomic mass is 16.1. The molecule has 0 aromatic heterocycles. The molecule has 4 nitrogen and oxygen atoms in total. The summed E-state index contributed by atoms with van der Waals surface area (Å²) < 4.78 is 0. The molecule has 1 amide bonds. The van der Waals surface area contributed by atoms with Gasteiger partial charge in [-0.15, -0.1) is 0 Å². The Bertz CT molecular complexity index is 474. The second-order valence-corrected chi connectivity index (χ2v) is 4.02. The SMILES string of the molecule is Cc1cc(C)c(/C=C/C(=O)N=C(N)N)c(C)c1. The fraction of sp³-hybridized carbons (Fsp3) is 0.231. The number of guanidine groups is 1. The van der Waals surface area contributed by atoms with Gasteiger partial charge in [-0.3, -0.25) is 4.79 Å². The van der Waals surface area contributed by atoms with Gasteiger partial charge in [0.25, 0.3) is 5.91 Å². The van der Waals surface area contributed by atoms with E-state index in [1.165, 1.54) is 11.6 Å². The lowest BCUT2D eigenvalue weighted by Gasteiger charge is -2.06. The maximum atomic E-state index is 11.3. The number of rotatable bonds is 2. The van der Waals surface area contributed by atoms with Crippen molar-refractivity contribution >= 4 is 17.9 Å². The van der Waals surface area contributed by atoms with E-state index < -0.39 is 5.91 Å². The number of amides is 1. The van der Waals surface area contributed by atoms with Gasteiger partial charge in [-0.1, -0.05) is 17.7 Å². The van der Waals surface area contributed by atoms with Crippen LogP contribution in [0.3, 0.4) is 0 Å². The topological polar surface area (TPSA) is 81.5 Å². The van der Waals surface area contributed by atoms with Gasteiger partial charge >= 0.3 is 0 Å². The fourth-order valence-electron chi connectivity index (χ4n) is 1.77. The van der Waals surface area contributed by atoms with Crippen molar-refractivity contribution in [1.29, 1.82) is 0 Å². The number of nitrogens with zero attached hydrogens (tertiary/aromatic N) is 1. The van der Waals surface area contributed by atoms with Crippen molar-refractivity contribution in [3.05, 3.63) is 40.5 Å². The molecule has 0 aliphatic rings. The van der Waals surface area contributed by atoms with Gasteiger partial charge in [0.1, 0.15) is 0 Å². The lowest BCUT2D eigenvalue weighted by molar-refractivity contribution is -0.113. The number of hydrogen-bond donors (Lipinski definition) is 2. The van der Waals surface area contributed by atoms with E-state index in [0.29, 0.717) is 0 Å². The number of carbonyl (C=O) groups is 1. The van der Waals surface area contributed by atoms with E-state index in [9.17, 15) is 4.79 Å². The van der Waals surface area contributed by atoms with Crippen LogP contribution < -0.4 is 11.5 Å². The Kier molecular flexibility index (Phi) is 4.04. The Morgan fingerprint density at radius 3 is 2.18 bits per heavy atom. The average molecular weight is 231 g/mol. The smallest absolute Gasteiger partial charge is 0.272 e. The van der Waals surface area contributed by atoms with E-state index in [-0.39, 0.29) is 5.96 Å². The van der Waals surface area contributed by atoms with E-state index in [1.54, 1.807) is 6.08 Å². The molecule has 0 heterocycles. The molecule has 1 rings (SSSR count). The van der Waals surface area contributed by atoms with Gasteiger partial charge in [0.2, 0.25) is 0 Å². The second kappa shape index (κ2) is 5.30. The summed E-state index contributed by atoms with van der Waals surface area (Å²) in [4.78, 5) is 14.7. The molecule has 0 saturated carbocycles. The highest BCUT2D eigenvalue weighted by Crippen LogP contribution is 2.17. The molecule has 0 atom stereocenters. The van der Waals surface area contributed by atoms with Crippen LogP contribution in [-0.2, 0) is 4.79 Å². The van der Waals surface area contributed by atoms with E-state index in [4.69, 9.17) is 11.5 Å². The summed E-state index contributed by atoms with van der Waals surface area (Å²) in [6.45, 7) is 6.05. The van der Waals surface area contributed by atoms with Crippen molar-refractivity contribution in [2.24, 2.45) is 16.5 Å². The second-order valence-electron chi connectivity index (χ2n) is 4.02. The van der Waals surface area contributed by atoms with Crippen LogP contribution in [-0.4, -0.2) is 11.9 Å². The first kappa shape index (κ1) is 13.0. The maximum absolute atomic E-state index is 11.3. The monoisotopic (exact) mass is 231 g/mol.